The second-order valence-corrected chi connectivity index (χ2v) is 10.4. The normalized spacial score (nSPS) is 19.2. The number of hydrogen-bond donors (Lipinski definition) is 2. The molecule has 0 radical (unpaired) electrons. The lowest BCUT2D eigenvalue weighted by Gasteiger charge is -2.39. The Balaban J connectivity index is 1.41. The fraction of sp³-hybridized carbons (Fsp3) is 0.500. The van der Waals surface area contributed by atoms with Crippen LogP contribution in [0, 0.1) is 0 Å². The van der Waals surface area contributed by atoms with Gasteiger partial charge in [-0.15, -0.1) is 0 Å². The third-order valence-corrected chi connectivity index (χ3v) is 6.52. The van der Waals surface area contributed by atoms with Crippen LogP contribution in [0.2, 0.25) is 0 Å². The Labute approximate surface area is 215 Å². The summed E-state index contributed by atoms with van der Waals surface area (Å²) in [6, 6.07) is 4.49. The van der Waals surface area contributed by atoms with Gasteiger partial charge in [0.25, 0.3) is 0 Å². The Morgan fingerprint density at radius 2 is 1.92 bits per heavy atom. The molecule has 2 aliphatic heterocycles. The van der Waals surface area contributed by atoms with Crippen LogP contribution in [0.15, 0.2) is 30.6 Å². The number of nitrogens with zero attached hydrogens (tertiary/aromatic N) is 4. The molecule has 11 heteroatoms. The van der Waals surface area contributed by atoms with E-state index in [0.29, 0.717) is 25.3 Å². The van der Waals surface area contributed by atoms with Crippen molar-refractivity contribution in [1.29, 1.82) is 0 Å². The molecule has 0 spiro atoms. The molecule has 0 bridgehead atoms. The number of amides is 4. The molecule has 4 rings (SSSR count). The first kappa shape index (κ1) is 26.3. The van der Waals surface area contributed by atoms with Crippen LogP contribution in [0.5, 0.6) is 0 Å². The van der Waals surface area contributed by atoms with Gasteiger partial charge in [0.15, 0.2) is 0 Å². The van der Waals surface area contributed by atoms with Crippen molar-refractivity contribution in [2.24, 2.45) is 0 Å². The zero-order valence-corrected chi connectivity index (χ0v) is 21.4. The largest absolute Gasteiger partial charge is 0.480 e. The summed E-state index contributed by atoms with van der Waals surface area (Å²) in [5.41, 5.74) is 1.04. The predicted molar refractivity (Wildman–Crippen MR) is 136 cm³/mol. The molecule has 1 atom stereocenters. The highest BCUT2D eigenvalue weighted by atomic mass is 16.6. The molecule has 1 aromatic carbocycles. The van der Waals surface area contributed by atoms with Gasteiger partial charge in [-0.05, 0) is 45.7 Å². The van der Waals surface area contributed by atoms with Crippen LogP contribution in [0.4, 0.5) is 15.3 Å². The summed E-state index contributed by atoms with van der Waals surface area (Å²) in [6.45, 7) is 7.32. The number of ether oxygens (including phenoxy) is 1. The summed E-state index contributed by atoms with van der Waals surface area (Å²) in [5, 5.41) is 13.9. The van der Waals surface area contributed by atoms with E-state index in [-0.39, 0.29) is 25.4 Å². The van der Waals surface area contributed by atoms with E-state index in [1.807, 2.05) is 18.2 Å². The Bertz CT molecular complexity index is 1210. The van der Waals surface area contributed by atoms with E-state index in [0.717, 1.165) is 29.2 Å². The van der Waals surface area contributed by atoms with Crippen molar-refractivity contribution in [2.75, 3.05) is 37.6 Å². The molecule has 11 nitrogen and oxygen atoms in total. The zero-order chi connectivity index (χ0) is 26.7. The third kappa shape index (κ3) is 6.16. The standard InChI is InChI=1S/C26H33N5O6/c1-26(2,3)37-25(36)31-13-12-29(16-21(31)23(33)34)10-5-7-17-6-4-8-18-19(17)14-27-15-20(18)30-11-9-22(32)28-24(30)35/h4,6,8,14-15,21H,5,7,9-13,16H2,1-3H3,(H,33,34)(H,28,32,35)/t21-/m0/s1. The minimum Gasteiger partial charge on any atom is -0.480 e. The van der Waals surface area contributed by atoms with Crippen molar-refractivity contribution in [3.63, 3.8) is 0 Å². The van der Waals surface area contributed by atoms with E-state index in [1.54, 1.807) is 33.2 Å². The number of urea groups is 1. The minimum atomic E-state index is -1.05. The SMILES string of the molecule is CC(C)(C)OC(=O)N1CCN(CCCc2cccc3c(N4CCC(=O)NC4=O)cncc23)C[C@H]1C(=O)O. The van der Waals surface area contributed by atoms with E-state index in [9.17, 15) is 24.3 Å². The first-order valence-corrected chi connectivity index (χ1v) is 12.5. The molecule has 2 saturated heterocycles. The number of rotatable bonds is 6. The number of aromatic nitrogens is 1. The van der Waals surface area contributed by atoms with Crippen molar-refractivity contribution in [2.45, 2.75) is 51.7 Å². The Kier molecular flexibility index (Phi) is 7.63. The number of hydrogen-bond acceptors (Lipinski definition) is 7. The quantitative estimate of drug-likeness (QED) is 0.605. The molecule has 2 N–H and O–H groups in total. The van der Waals surface area contributed by atoms with E-state index < -0.39 is 29.7 Å². The number of carboxylic acid groups (broad SMARTS) is 1. The molecule has 0 aliphatic carbocycles. The van der Waals surface area contributed by atoms with Crippen LogP contribution in [0.25, 0.3) is 10.8 Å². The lowest BCUT2D eigenvalue weighted by molar-refractivity contribution is -0.145. The van der Waals surface area contributed by atoms with Gasteiger partial charge in [0.2, 0.25) is 5.91 Å². The van der Waals surface area contributed by atoms with E-state index in [2.05, 4.69) is 15.2 Å². The molecule has 4 amide bonds. The van der Waals surface area contributed by atoms with E-state index in [1.165, 1.54) is 9.80 Å². The number of carboxylic acids is 1. The van der Waals surface area contributed by atoms with Gasteiger partial charge in [-0.1, -0.05) is 18.2 Å². The number of benzene rings is 1. The highest BCUT2D eigenvalue weighted by Crippen LogP contribution is 2.29. The first-order chi connectivity index (χ1) is 17.5. The molecular weight excluding hydrogens is 478 g/mol. The van der Waals surface area contributed by atoms with Crippen LogP contribution < -0.4 is 10.2 Å². The summed E-state index contributed by atoms with van der Waals surface area (Å²) in [7, 11) is 0. The lowest BCUT2D eigenvalue weighted by atomic mass is 10.0. The second kappa shape index (κ2) is 10.7. The zero-order valence-electron chi connectivity index (χ0n) is 21.4. The van der Waals surface area contributed by atoms with Gasteiger partial charge in [0.05, 0.1) is 11.9 Å². The monoisotopic (exact) mass is 511 g/mol. The fourth-order valence-corrected chi connectivity index (χ4v) is 4.75. The van der Waals surface area contributed by atoms with Gasteiger partial charge >= 0.3 is 18.1 Å². The van der Waals surface area contributed by atoms with E-state index in [4.69, 9.17) is 4.74 Å². The summed E-state index contributed by atoms with van der Waals surface area (Å²) in [5.74, 6) is -1.33. The third-order valence-electron chi connectivity index (χ3n) is 6.52. The molecule has 2 fully saturated rings. The molecular formula is C26H33N5O6. The minimum absolute atomic E-state index is 0.235. The van der Waals surface area contributed by atoms with Gasteiger partial charge in [0, 0.05) is 49.6 Å². The van der Waals surface area contributed by atoms with E-state index >= 15 is 0 Å². The molecule has 1 aromatic heterocycles. The van der Waals surface area contributed by atoms with Crippen molar-refractivity contribution >= 4 is 40.5 Å². The molecule has 37 heavy (non-hydrogen) atoms. The van der Waals surface area contributed by atoms with Crippen molar-refractivity contribution < 1.29 is 29.0 Å². The van der Waals surface area contributed by atoms with Gasteiger partial charge in [-0.2, -0.15) is 0 Å². The van der Waals surface area contributed by atoms with Gasteiger partial charge in [-0.25, -0.2) is 14.4 Å². The first-order valence-electron chi connectivity index (χ1n) is 12.5. The maximum atomic E-state index is 12.5. The van der Waals surface area contributed by atoms with Crippen molar-refractivity contribution in [1.82, 2.24) is 20.1 Å². The maximum absolute atomic E-state index is 12.5. The average Bonchev–Trinajstić information content (AvgIpc) is 2.83. The van der Waals surface area contributed by atoms with Gasteiger partial charge in [-0.3, -0.25) is 29.8 Å². The van der Waals surface area contributed by atoms with Crippen LogP contribution in [0.3, 0.4) is 0 Å². The molecule has 2 aliphatic rings. The molecule has 2 aromatic rings. The van der Waals surface area contributed by atoms with Gasteiger partial charge in [0.1, 0.15) is 11.6 Å². The molecule has 3 heterocycles. The van der Waals surface area contributed by atoms with Crippen molar-refractivity contribution in [3.05, 3.63) is 36.2 Å². The number of piperazine rings is 1. The Morgan fingerprint density at radius 1 is 1.14 bits per heavy atom. The Hall–Kier alpha value is -3.73. The summed E-state index contributed by atoms with van der Waals surface area (Å²) < 4.78 is 5.39. The predicted octanol–water partition coefficient (Wildman–Crippen LogP) is 2.62. The number of aryl methyl sites for hydroxylation is 1. The summed E-state index contributed by atoms with van der Waals surface area (Å²) >= 11 is 0. The number of carbonyl (C=O) groups excluding carboxylic acids is 3. The highest BCUT2D eigenvalue weighted by molar-refractivity contribution is 6.10. The molecule has 0 saturated carbocycles. The molecule has 0 unspecified atom stereocenters. The summed E-state index contributed by atoms with van der Waals surface area (Å²) in [6.07, 6.45) is 4.56. The number of aliphatic carboxylic acids is 1. The fourth-order valence-electron chi connectivity index (χ4n) is 4.75. The number of imide groups is 1. The number of fused-ring (bicyclic) bond motifs is 1. The topological polar surface area (TPSA) is 132 Å². The number of nitrogens with one attached hydrogen (secondary N) is 1. The Morgan fingerprint density at radius 3 is 2.62 bits per heavy atom. The number of pyridine rings is 1. The number of anilines is 1. The second-order valence-electron chi connectivity index (χ2n) is 10.4. The number of carbonyl (C=O) groups is 4. The summed E-state index contributed by atoms with van der Waals surface area (Å²) in [4.78, 5) is 57.6. The van der Waals surface area contributed by atoms with Crippen LogP contribution in [-0.4, -0.2) is 88.3 Å². The smallest absolute Gasteiger partial charge is 0.411 e. The average molecular weight is 512 g/mol. The molecule has 198 valence electrons. The maximum Gasteiger partial charge on any atom is 0.411 e. The highest BCUT2D eigenvalue weighted by Gasteiger charge is 2.37. The van der Waals surface area contributed by atoms with Crippen LogP contribution in [-0.2, 0) is 20.7 Å². The van der Waals surface area contributed by atoms with Gasteiger partial charge < -0.3 is 9.84 Å². The van der Waals surface area contributed by atoms with Crippen LogP contribution >= 0.6 is 0 Å². The lowest BCUT2D eigenvalue weighted by Crippen LogP contribution is -2.59. The van der Waals surface area contributed by atoms with Crippen molar-refractivity contribution in [3.8, 4) is 0 Å². The van der Waals surface area contributed by atoms with Crippen LogP contribution in [0.1, 0.15) is 39.2 Å².